The molecule has 1 fully saturated rings. The lowest BCUT2D eigenvalue weighted by atomic mass is 10.2. The van der Waals surface area contributed by atoms with Gasteiger partial charge in [0.25, 0.3) is 0 Å². The molecular weight excluding hydrogens is 298 g/mol. The maximum absolute atomic E-state index is 12.6. The first-order chi connectivity index (χ1) is 9.37. The van der Waals surface area contributed by atoms with E-state index in [1.54, 1.807) is 18.2 Å². The topological polar surface area (TPSA) is 80.3 Å². The summed E-state index contributed by atoms with van der Waals surface area (Å²) in [7, 11) is -6.94. The number of hydrogen-bond acceptors (Lipinski definition) is 5. The second kappa shape index (κ2) is 5.83. The van der Waals surface area contributed by atoms with E-state index in [1.807, 2.05) is 6.92 Å². The highest BCUT2D eigenvalue weighted by Gasteiger charge is 2.45. The van der Waals surface area contributed by atoms with E-state index < -0.39 is 31.0 Å². The Morgan fingerprint density at radius 3 is 2.45 bits per heavy atom. The average molecular weight is 317 g/mol. The Hall–Kier alpha value is -0.920. The summed E-state index contributed by atoms with van der Waals surface area (Å²) >= 11 is 0. The van der Waals surface area contributed by atoms with E-state index >= 15 is 0 Å². The zero-order valence-corrected chi connectivity index (χ0v) is 13.0. The molecule has 20 heavy (non-hydrogen) atoms. The summed E-state index contributed by atoms with van der Waals surface area (Å²) < 4.78 is 48.8. The molecule has 2 rings (SSSR count). The third-order valence-corrected chi connectivity index (χ3v) is 7.59. The van der Waals surface area contributed by atoms with Gasteiger partial charge in [-0.15, -0.1) is 0 Å². The molecule has 0 aromatic heterocycles. The quantitative estimate of drug-likeness (QED) is 0.861. The van der Waals surface area contributed by atoms with Gasteiger partial charge in [0.15, 0.2) is 19.7 Å². The van der Waals surface area contributed by atoms with Crippen molar-refractivity contribution >= 4 is 19.7 Å². The molecule has 1 aliphatic rings. The van der Waals surface area contributed by atoms with Crippen LogP contribution in [0.25, 0.3) is 0 Å². The fourth-order valence-electron chi connectivity index (χ4n) is 2.43. The summed E-state index contributed by atoms with van der Waals surface area (Å²) in [5.74, 6) is -0.407. The number of benzene rings is 1. The molecule has 0 radical (unpaired) electrons. The fourth-order valence-corrected chi connectivity index (χ4v) is 7.16. The van der Waals surface area contributed by atoms with Crippen LogP contribution in [0, 0.1) is 0 Å². The Labute approximate surface area is 120 Å². The van der Waals surface area contributed by atoms with Gasteiger partial charge < -0.3 is 5.32 Å². The predicted octanol–water partition coefficient (Wildman–Crippen LogP) is 0.626. The molecule has 1 saturated heterocycles. The van der Waals surface area contributed by atoms with E-state index in [2.05, 4.69) is 5.32 Å². The highest BCUT2D eigenvalue weighted by Crippen LogP contribution is 2.25. The third-order valence-electron chi connectivity index (χ3n) is 3.43. The van der Waals surface area contributed by atoms with Gasteiger partial charge in [-0.05, 0) is 25.1 Å². The Morgan fingerprint density at radius 2 is 1.85 bits per heavy atom. The molecule has 7 heteroatoms. The SMILES string of the molecule is CCCNC1CS(=O)(=O)CC1S(=O)(=O)c1ccccc1. The van der Waals surface area contributed by atoms with Crippen LogP contribution in [0.2, 0.25) is 0 Å². The molecular formula is C13H19NO4S2. The first kappa shape index (κ1) is 15.5. The number of hydrogen-bond donors (Lipinski definition) is 1. The Morgan fingerprint density at radius 1 is 1.20 bits per heavy atom. The van der Waals surface area contributed by atoms with Gasteiger partial charge in [0.05, 0.1) is 21.7 Å². The average Bonchev–Trinajstić information content (AvgIpc) is 2.73. The van der Waals surface area contributed by atoms with Crippen LogP contribution in [0.15, 0.2) is 35.2 Å². The van der Waals surface area contributed by atoms with Gasteiger partial charge >= 0.3 is 0 Å². The molecule has 0 saturated carbocycles. The normalized spacial score (nSPS) is 25.6. The van der Waals surface area contributed by atoms with Gasteiger partial charge in [-0.25, -0.2) is 16.8 Å². The Balaban J connectivity index is 2.33. The zero-order valence-electron chi connectivity index (χ0n) is 11.3. The van der Waals surface area contributed by atoms with Crippen LogP contribution in [-0.4, -0.2) is 46.2 Å². The molecule has 0 aliphatic carbocycles. The van der Waals surface area contributed by atoms with E-state index in [9.17, 15) is 16.8 Å². The summed E-state index contributed by atoms with van der Waals surface area (Å²) in [6.07, 6.45) is 0.828. The van der Waals surface area contributed by atoms with E-state index in [4.69, 9.17) is 0 Å². The van der Waals surface area contributed by atoms with E-state index in [0.29, 0.717) is 6.54 Å². The lowest BCUT2D eigenvalue weighted by molar-refractivity contribution is 0.525. The summed E-state index contributed by atoms with van der Waals surface area (Å²) in [5.41, 5.74) is 0. The molecule has 1 N–H and O–H groups in total. The number of rotatable bonds is 5. The second-order valence-corrected chi connectivity index (χ2v) is 9.35. The lowest BCUT2D eigenvalue weighted by Crippen LogP contribution is -2.43. The molecule has 0 bridgehead atoms. The largest absolute Gasteiger partial charge is 0.312 e. The van der Waals surface area contributed by atoms with Crippen LogP contribution in [0.4, 0.5) is 0 Å². The van der Waals surface area contributed by atoms with Gasteiger partial charge in [-0.2, -0.15) is 0 Å². The summed E-state index contributed by atoms with van der Waals surface area (Å²) in [6.45, 7) is 2.57. The van der Waals surface area contributed by atoms with Crippen molar-refractivity contribution in [1.82, 2.24) is 5.32 Å². The first-order valence-corrected chi connectivity index (χ1v) is 9.96. The van der Waals surface area contributed by atoms with Crippen molar-refractivity contribution in [2.24, 2.45) is 0 Å². The maximum atomic E-state index is 12.6. The first-order valence-electron chi connectivity index (χ1n) is 6.59. The minimum absolute atomic E-state index is 0.107. The molecule has 5 nitrogen and oxygen atoms in total. The van der Waals surface area contributed by atoms with E-state index in [-0.39, 0.29) is 16.4 Å². The molecule has 0 amide bonds. The monoisotopic (exact) mass is 317 g/mol. The third kappa shape index (κ3) is 3.21. The van der Waals surface area contributed by atoms with Gasteiger partial charge in [0.1, 0.15) is 0 Å². The van der Waals surface area contributed by atoms with Crippen LogP contribution in [-0.2, 0) is 19.7 Å². The summed E-state index contributed by atoms with van der Waals surface area (Å²) in [4.78, 5) is 0.186. The molecule has 2 atom stereocenters. The predicted molar refractivity (Wildman–Crippen MR) is 78.2 cm³/mol. The van der Waals surface area contributed by atoms with E-state index in [0.717, 1.165) is 6.42 Å². The maximum Gasteiger partial charge on any atom is 0.183 e. The lowest BCUT2D eigenvalue weighted by Gasteiger charge is -2.19. The molecule has 1 aromatic carbocycles. The van der Waals surface area contributed by atoms with Gasteiger partial charge in [-0.3, -0.25) is 0 Å². The zero-order chi connectivity index (χ0) is 14.8. The van der Waals surface area contributed by atoms with Crippen molar-refractivity contribution < 1.29 is 16.8 Å². The molecule has 1 aromatic rings. The summed E-state index contributed by atoms with van der Waals surface area (Å²) in [6, 6.07) is 7.52. The molecule has 0 spiro atoms. The van der Waals surface area contributed by atoms with Gasteiger partial charge in [0, 0.05) is 6.04 Å². The van der Waals surface area contributed by atoms with Crippen molar-refractivity contribution in [2.45, 2.75) is 29.5 Å². The molecule has 1 heterocycles. The minimum atomic E-state index is -3.63. The van der Waals surface area contributed by atoms with Crippen LogP contribution in [0.3, 0.4) is 0 Å². The van der Waals surface area contributed by atoms with Crippen LogP contribution >= 0.6 is 0 Å². The smallest absolute Gasteiger partial charge is 0.183 e. The Kier molecular flexibility index (Phi) is 4.51. The van der Waals surface area contributed by atoms with E-state index in [1.165, 1.54) is 12.1 Å². The molecule has 1 aliphatic heterocycles. The fraction of sp³-hybridized carbons (Fsp3) is 0.538. The van der Waals surface area contributed by atoms with Crippen molar-refractivity contribution in [3.05, 3.63) is 30.3 Å². The minimum Gasteiger partial charge on any atom is -0.312 e. The van der Waals surface area contributed by atoms with Gasteiger partial charge in [0.2, 0.25) is 0 Å². The Bertz CT molecular complexity index is 653. The van der Waals surface area contributed by atoms with Crippen molar-refractivity contribution in [2.75, 3.05) is 18.1 Å². The van der Waals surface area contributed by atoms with Gasteiger partial charge in [-0.1, -0.05) is 25.1 Å². The van der Waals surface area contributed by atoms with Crippen molar-refractivity contribution in [1.29, 1.82) is 0 Å². The highest BCUT2D eigenvalue weighted by molar-refractivity contribution is 7.96. The summed E-state index contributed by atoms with van der Waals surface area (Å²) in [5, 5.41) is 2.15. The van der Waals surface area contributed by atoms with Crippen molar-refractivity contribution in [3.8, 4) is 0 Å². The van der Waals surface area contributed by atoms with Crippen LogP contribution < -0.4 is 5.32 Å². The van der Waals surface area contributed by atoms with Crippen LogP contribution in [0.5, 0.6) is 0 Å². The van der Waals surface area contributed by atoms with Crippen molar-refractivity contribution in [3.63, 3.8) is 0 Å². The second-order valence-electron chi connectivity index (χ2n) is 5.03. The molecule has 112 valence electrons. The standard InChI is InChI=1S/C13H19NO4S2/c1-2-8-14-12-9-19(15,16)10-13(12)20(17,18)11-6-4-3-5-7-11/h3-7,12-14H,2,8-10H2,1H3. The van der Waals surface area contributed by atoms with Crippen LogP contribution in [0.1, 0.15) is 13.3 Å². The highest BCUT2D eigenvalue weighted by atomic mass is 32.2. The number of nitrogens with one attached hydrogen (secondary N) is 1. The molecule has 2 unspecified atom stereocenters. The number of sulfone groups is 2.